The molecule has 1 aromatic heterocycles. The van der Waals surface area contributed by atoms with Gasteiger partial charge in [0.15, 0.2) is 0 Å². The molecule has 2 rings (SSSR count). The zero-order valence-electron chi connectivity index (χ0n) is 14.2. The smallest absolute Gasteiger partial charge is 0.241 e. The topological polar surface area (TPSA) is 79.6 Å². The van der Waals surface area contributed by atoms with Crippen LogP contribution in [0.4, 0.5) is 5.69 Å². The summed E-state index contributed by atoms with van der Waals surface area (Å²) in [5, 5.41) is 2.76. The molecule has 1 unspecified atom stereocenters. The Kier molecular flexibility index (Phi) is 5.33. The molecular weight excluding hydrogens is 328 g/mol. The molecule has 0 saturated carbocycles. The van der Waals surface area contributed by atoms with Gasteiger partial charge in [-0.2, -0.15) is 0 Å². The van der Waals surface area contributed by atoms with Crippen molar-refractivity contribution in [1.29, 1.82) is 0 Å². The third-order valence-corrected chi connectivity index (χ3v) is 4.76. The van der Waals surface area contributed by atoms with Crippen molar-refractivity contribution in [1.82, 2.24) is 5.32 Å². The van der Waals surface area contributed by atoms with Crippen LogP contribution in [0.3, 0.4) is 0 Å². The average Bonchev–Trinajstić information content (AvgIpc) is 2.91. The van der Waals surface area contributed by atoms with Crippen LogP contribution in [-0.4, -0.2) is 27.1 Å². The number of hydrogen-bond acceptors (Lipinski definition) is 4. The van der Waals surface area contributed by atoms with Crippen molar-refractivity contribution in [2.24, 2.45) is 0 Å². The summed E-state index contributed by atoms with van der Waals surface area (Å²) < 4.78 is 30.8. The number of nitrogens with zero attached hydrogens (tertiary/aromatic N) is 1. The number of aryl methyl sites for hydroxylation is 2. The molecule has 0 saturated heterocycles. The van der Waals surface area contributed by atoms with Crippen LogP contribution >= 0.6 is 0 Å². The minimum atomic E-state index is -3.58. The Hall–Kier alpha value is -2.28. The molecule has 1 aromatic carbocycles. The zero-order valence-corrected chi connectivity index (χ0v) is 15.1. The van der Waals surface area contributed by atoms with Gasteiger partial charge in [0.05, 0.1) is 18.0 Å². The van der Waals surface area contributed by atoms with Crippen LogP contribution in [-0.2, 0) is 14.8 Å². The Bertz CT molecular complexity index is 827. The van der Waals surface area contributed by atoms with E-state index in [0.717, 1.165) is 21.9 Å². The molecule has 1 amide bonds. The molecule has 0 spiro atoms. The number of anilines is 1. The first kappa shape index (κ1) is 18.1. The summed E-state index contributed by atoms with van der Waals surface area (Å²) in [6.07, 6.45) is 1.09. The van der Waals surface area contributed by atoms with E-state index in [2.05, 4.69) is 5.32 Å². The van der Waals surface area contributed by atoms with E-state index in [0.29, 0.717) is 11.4 Å². The van der Waals surface area contributed by atoms with Gasteiger partial charge in [0.1, 0.15) is 18.1 Å². The quantitative estimate of drug-likeness (QED) is 0.868. The molecule has 6 nitrogen and oxygen atoms in total. The van der Waals surface area contributed by atoms with Crippen LogP contribution in [0, 0.1) is 13.8 Å². The fraction of sp³-hybridized carbons (Fsp3) is 0.353. The summed E-state index contributed by atoms with van der Waals surface area (Å²) in [5.41, 5.74) is 1.28. The van der Waals surface area contributed by atoms with Crippen LogP contribution in [0.5, 0.6) is 0 Å². The van der Waals surface area contributed by atoms with Crippen molar-refractivity contribution < 1.29 is 17.6 Å². The number of rotatable bonds is 6. The number of carbonyl (C=O) groups is 1. The van der Waals surface area contributed by atoms with E-state index >= 15 is 0 Å². The van der Waals surface area contributed by atoms with Gasteiger partial charge in [-0.1, -0.05) is 18.2 Å². The Balaban J connectivity index is 2.15. The summed E-state index contributed by atoms with van der Waals surface area (Å²) in [5.74, 6) is 0.983. The van der Waals surface area contributed by atoms with Crippen molar-refractivity contribution in [2.45, 2.75) is 26.8 Å². The van der Waals surface area contributed by atoms with Crippen LogP contribution in [0.2, 0.25) is 0 Å². The normalized spacial score (nSPS) is 12.7. The van der Waals surface area contributed by atoms with Crippen molar-refractivity contribution in [3.63, 3.8) is 0 Å². The lowest BCUT2D eigenvalue weighted by Crippen LogP contribution is -2.41. The Morgan fingerprint density at radius 1 is 1.21 bits per heavy atom. The van der Waals surface area contributed by atoms with Gasteiger partial charge in [-0.05, 0) is 44.5 Å². The Morgan fingerprint density at radius 2 is 1.88 bits per heavy atom. The molecule has 0 bridgehead atoms. The SMILES string of the molecule is Cc1ccc(C(C)NC(=O)CN(c2ccccc2C)S(C)(=O)=O)o1. The maximum atomic E-state index is 12.3. The molecule has 0 radical (unpaired) electrons. The van der Waals surface area contributed by atoms with E-state index in [9.17, 15) is 13.2 Å². The van der Waals surface area contributed by atoms with Gasteiger partial charge >= 0.3 is 0 Å². The van der Waals surface area contributed by atoms with E-state index in [1.807, 2.05) is 19.1 Å². The lowest BCUT2D eigenvalue weighted by Gasteiger charge is -2.24. The number of furan rings is 1. The summed E-state index contributed by atoms with van der Waals surface area (Å²) in [4.78, 5) is 12.3. The third kappa shape index (κ3) is 4.38. The third-order valence-electron chi connectivity index (χ3n) is 3.64. The van der Waals surface area contributed by atoms with Crippen molar-refractivity contribution in [2.75, 3.05) is 17.1 Å². The van der Waals surface area contributed by atoms with Crippen molar-refractivity contribution >= 4 is 21.6 Å². The van der Waals surface area contributed by atoms with E-state index in [1.165, 1.54) is 0 Å². The highest BCUT2D eigenvalue weighted by Crippen LogP contribution is 2.22. The first-order chi connectivity index (χ1) is 11.2. The van der Waals surface area contributed by atoms with E-state index in [4.69, 9.17) is 4.42 Å². The van der Waals surface area contributed by atoms with Crippen LogP contribution in [0.15, 0.2) is 40.8 Å². The molecular formula is C17H22N2O4S. The van der Waals surface area contributed by atoms with Gasteiger partial charge < -0.3 is 9.73 Å². The highest BCUT2D eigenvalue weighted by atomic mass is 32.2. The molecule has 7 heteroatoms. The Morgan fingerprint density at radius 3 is 2.42 bits per heavy atom. The first-order valence-electron chi connectivity index (χ1n) is 7.57. The van der Waals surface area contributed by atoms with Gasteiger partial charge in [-0.15, -0.1) is 0 Å². The summed E-state index contributed by atoms with van der Waals surface area (Å²) in [6.45, 7) is 5.13. The number of carbonyl (C=O) groups excluding carboxylic acids is 1. The molecule has 1 heterocycles. The number of amides is 1. The number of sulfonamides is 1. The lowest BCUT2D eigenvalue weighted by atomic mass is 10.2. The summed E-state index contributed by atoms with van der Waals surface area (Å²) >= 11 is 0. The first-order valence-corrected chi connectivity index (χ1v) is 9.42. The predicted molar refractivity (Wildman–Crippen MR) is 93.4 cm³/mol. The van der Waals surface area contributed by atoms with Gasteiger partial charge in [-0.3, -0.25) is 9.10 Å². The standard InChI is InChI=1S/C17H22N2O4S/c1-12-7-5-6-8-15(12)19(24(4,21)22)11-17(20)18-14(3)16-10-9-13(2)23-16/h5-10,14H,11H2,1-4H3,(H,18,20). The van der Waals surface area contributed by atoms with E-state index < -0.39 is 15.9 Å². The Labute approximate surface area is 142 Å². The molecule has 130 valence electrons. The van der Waals surface area contributed by atoms with E-state index in [1.54, 1.807) is 38.1 Å². The molecule has 1 atom stereocenters. The maximum absolute atomic E-state index is 12.3. The van der Waals surface area contributed by atoms with Crippen LogP contribution < -0.4 is 9.62 Å². The molecule has 0 fully saturated rings. The van der Waals surface area contributed by atoms with Gasteiger partial charge in [0.25, 0.3) is 0 Å². The number of benzene rings is 1. The van der Waals surface area contributed by atoms with Crippen LogP contribution in [0.1, 0.15) is 30.0 Å². The van der Waals surface area contributed by atoms with E-state index in [-0.39, 0.29) is 12.6 Å². The largest absolute Gasteiger partial charge is 0.464 e. The van der Waals surface area contributed by atoms with Gasteiger partial charge in [0.2, 0.25) is 15.9 Å². The summed E-state index contributed by atoms with van der Waals surface area (Å²) in [7, 11) is -3.58. The number of hydrogen-bond donors (Lipinski definition) is 1. The molecule has 0 aliphatic carbocycles. The van der Waals surface area contributed by atoms with Crippen molar-refractivity contribution in [3.05, 3.63) is 53.5 Å². The van der Waals surface area contributed by atoms with Gasteiger partial charge in [0, 0.05) is 0 Å². The second kappa shape index (κ2) is 7.09. The van der Waals surface area contributed by atoms with Crippen LogP contribution in [0.25, 0.3) is 0 Å². The highest BCUT2D eigenvalue weighted by Gasteiger charge is 2.23. The second-order valence-corrected chi connectivity index (χ2v) is 7.70. The lowest BCUT2D eigenvalue weighted by molar-refractivity contribution is -0.120. The van der Waals surface area contributed by atoms with Crippen molar-refractivity contribution in [3.8, 4) is 0 Å². The number of nitrogens with one attached hydrogen (secondary N) is 1. The maximum Gasteiger partial charge on any atom is 0.241 e. The zero-order chi connectivity index (χ0) is 17.9. The number of para-hydroxylation sites is 1. The molecule has 0 aliphatic rings. The molecule has 1 N–H and O–H groups in total. The minimum Gasteiger partial charge on any atom is -0.464 e. The van der Waals surface area contributed by atoms with Gasteiger partial charge in [-0.25, -0.2) is 8.42 Å². The molecule has 2 aromatic rings. The second-order valence-electron chi connectivity index (χ2n) is 5.79. The molecule has 24 heavy (non-hydrogen) atoms. The predicted octanol–water partition coefficient (Wildman–Crippen LogP) is 2.54. The monoisotopic (exact) mass is 350 g/mol. The average molecular weight is 350 g/mol. The molecule has 0 aliphatic heterocycles. The summed E-state index contributed by atoms with van der Waals surface area (Å²) in [6, 6.07) is 10.3. The minimum absolute atomic E-state index is 0.284. The fourth-order valence-corrected chi connectivity index (χ4v) is 3.31. The fourth-order valence-electron chi connectivity index (χ4n) is 2.40. The highest BCUT2D eigenvalue weighted by molar-refractivity contribution is 7.92.